The molecule has 116 valence electrons. The molecule has 1 saturated heterocycles. The van der Waals surface area contributed by atoms with Gasteiger partial charge in [0.05, 0.1) is 13.2 Å². The Morgan fingerprint density at radius 1 is 1.38 bits per heavy atom. The maximum Gasteiger partial charge on any atom is 0.248 e. The second kappa shape index (κ2) is 8.12. The number of primary amides is 1. The lowest BCUT2D eigenvalue weighted by Crippen LogP contribution is -2.37. The molecule has 0 radical (unpaired) electrons. The lowest BCUT2D eigenvalue weighted by molar-refractivity contribution is 0.0374. The highest BCUT2D eigenvalue weighted by Gasteiger charge is 2.09. The van der Waals surface area contributed by atoms with E-state index in [0.29, 0.717) is 5.56 Å². The van der Waals surface area contributed by atoms with Crippen molar-refractivity contribution in [1.82, 2.24) is 10.2 Å². The maximum absolute atomic E-state index is 11.1. The van der Waals surface area contributed by atoms with Gasteiger partial charge in [-0.15, -0.1) is 0 Å². The number of rotatable bonds is 7. The summed E-state index contributed by atoms with van der Waals surface area (Å²) in [5.74, 6) is -0.372. The van der Waals surface area contributed by atoms with E-state index in [4.69, 9.17) is 10.5 Å². The monoisotopic (exact) mass is 291 g/mol. The molecule has 21 heavy (non-hydrogen) atoms. The van der Waals surface area contributed by atoms with Crippen molar-refractivity contribution in [3.8, 4) is 0 Å². The van der Waals surface area contributed by atoms with E-state index in [2.05, 4.69) is 10.2 Å². The highest BCUT2D eigenvalue weighted by atomic mass is 16.5. The molecule has 2 rings (SSSR count). The van der Waals surface area contributed by atoms with Gasteiger partial charge in [0.1, 0.15) is 0 Å². The minimum absolute atomic E-state index is 0.372. The Balaban J connectivity index is 1.67. The van der Waals surface area contributed by atoms with Crippen LogP contribution < -0.4 is 11.1 Å². The molecule has 1 amide bonds. The summed E-state index contributed by atoms with van der Waals surface area (Å²) < 4.78 is 5.33. The molecule has 3 N–H and O–H groups in total. The Bertz CT molecular complexity index is 471. The van der Waals surface area contributed by atoms with Crippen LogP contribution in [0.25, 0.3) is 0 Å². The van der Waals surface area contributed by atoms with Crippen LogP contribution >= 0.6 is 0 Å². The van der Waals surface area contributed by atoms with Gasteiger partial charge in [-0.3, -0.25) is 9.69 Å². The quantitative estimate of drug-likeness (QED) is 0.733. The number of carbonyl (C=O) groups excluding carboxylic acids is 1. The summed E-state index contributed by atoms with van der Waals surface area (Å²) >= 11 is 0. The Morgan fingerprint density at radius 2 is 2.14 bits per heavy atom. The van der Waals surface area contributed by atoms with Gasteiger partial charge in [-0.05, 0) is 49.7 Å². The fourth-order valence-electron chi connectivity index (χ4n) is 2.52. The number of morpholine rings is 1. The van der Waals surface area contributed by atoms with E-state index in [-0.39, 0.29) is 5.91 Å². The predicted molar refractivity (Wildman–Crippen MR) is 83.3 cm³/mol. The third-order valence-electron chi connectivity index (χ3n) is 3.87. The van der Waals surface area contributed by atoms with Crippen LogP contribution in [0.15, 0.2) is 18.2 Å². The number of nitrogens with one attached hydrogen (secondary N) is 1. The van der Waals surface area contributed by atoms with Crippen LogP contribution in [0.1, 0.15) is 27.9 Å². The molecule has 1 fully saturated rings. The van der Waals surface area contributed by atoms with Gasteiger partial charge in [-0.2, -0.15) is 0 Å². The molecule has 0 aliphatic carbocycles. The minimum atomic E-state index is -0.372. The van der Waals surface area contributed by atoms with Crippen LogP contribution in [0.3, 0.4) is 0 Å². The van der Waals surface area contributed by atoms with E-state index in [1.165, 1.54) is 5.56 Å². The first-order valence-electron chi connectivity index (χ1n) is 7.57. The van der Waals surface area contributed by atoms with E-state index in [9.17, 15) is 4.79 Å². The Morgan fingerprint density at radius 3 is 2.81 bits per heavy atom. The minimum Gasteiger partial charge on any atom is -0.379 e. The second-order valence-corrected chi connectivity index (χ2v) is 5.49. The van der Waals surface area contributed by atoms with Gasteiger partial charge in [0.25, 0.3) is 0 Å². The smallest absolute Gasteiger partial charge is 0.248 e. The number of hydrogen-bond donors (Lipinski definition) is 2. The number of nitrogens with zero attached hydrogens (tertiary/aromatic N) is 1. The molecule has 5 nitrogen and oxygen atoms in total. The summed E-state index contributed by atoms with van der Waals surface area (Å²) in [6.07, 6.45) is 1.14. The lowest BCUT2D eigenvalue weighted by Gasteiger charge is -2.26. The van der Waals surface area contributed by atoms with Crippen molar-refractivity contribution in [2.75, 3.05) is 39.4 Å². The zero-order valence-corrected chi connectivity index (χ0v) is 12.7. The molecular weight excluding hydrogens is 266 g/mol. The van der Waals surface area contributed by atoms with Crippen LogP contribution in [0.4, 0.5) is 0 Å². The summed E-state index contributed by atoms with van der Waals surface area (Å²) in [6, 6.07) is 5.62. The Kier molecular flexibility index (Phi) is 6.17. The SMILES string of the molecule is Cc1cc(C(N)=O)ccc1CNCCCN1CCOCC1. The second-order valence-electron chi connectivity index (χ2n) is 5.49. The third-order valence-corrected chi connectivity index (χ3v) is 3.87. The van der Waals surface area contributed by atoms with Gasteiger partial charge in [0.15, 0.2) is 0 Å². The molecule has 1 aliphatic heterocycles. The highest BCUT2D eigenvalue weighted by molar-refractivity contribution is 5.93. The normalized spacial score (nSPS) is 16.0. The molecule has 0 spiro atoms. The van der Waals surface area contributed by atoms with Crippen LogP contribution in [-0.4, -0.2) is 50.2 Å². The van der Waals surface area contributed by atoms with E-state index in [0.717, 1.165) is 57.9 Å². The number of aryl methyl sites for hydroxylation is 1. The lowest BCUT2D eigenvalue weighted by atomic mass is 10.0. The van der Waals surface area contributed by atoms with Gasteiger partial charge in [0.2, 0.25) is 5.91 Å². The van der Waals surface area contributed by atoms with Crippen molar-refractivity contribution in [1.29, 1.82) is 0 Å². The van der Waals surface area contributed by atoms with Gasteiger partial charge in [-0.1, -0.05) is 6.07 Å². The number of hydrogen-bond acceptors (Lipinski definition) is 4. The van der Waals surface area contributed by atoms with Crippen molar-refractivity contribution in [2.24, 2.45) is 5.73 Å². The van der Waals surface area contributed by atoms with E-state index >= 15 is 0 Å². The molecule has 0 aromatic heterocycles. The molecule has 5 heteroatoms. The standard InChI is InChI=1S/C16H25N3O2/c1-13-11-14(16(17)20)3-4-15(13)12-18-5-2-6-19-7-9-21-10-8-19/h3-4,11,18H,2,5-10,12H2,1H3,(H2,17,20). The molecule has 1 aliphatic rings. The van der Waals surface area contributed by atoms with Crippen LogP contribution in [0, 0.1) is 6.92 Å². The zero-order chi connectivity index (χ0) is 15.1. The average Bonchev–Trinajstić information content (AvgIpc) is 2.49. The van der Waals surface area contributed by atoms with Gasteiger partial charge < -0.3 is 15.8 Å². The fraction of sp³-hybridized carbons (Fsp3) is 0.562. The highest BCUT2D eigenvalue weighted by Crippen LogP contribution is 2.10. The Labute approximate surface area is 126 Å². The number of nitrogens with two attached hydrogens (primary N) is 1. The molecule has 0 saturated carbocycles. The maximum atomic E-state index is 11.1. The molecule has 1 aromatic carbocycles. The van der Waals surface area contributed by atoms with Crippen LogP contribution in [0.5, 0.6) is 0 Å². The summed E-state index contributed by atoms with van der Waals surface area (Å²) in [4.78, 5) is 13.5. The number of benzene rings is 1. The van der Waals surface area contributed by atoms with Crippen LogP contribution in [-0.2, 0) is 11.3 Å². The van der Waals surface area contributed by atoms with Crippen molar-refractivity contribution in [2.45, 2.75) is 19.9 Å². The number of amides is 1. The number of carbonyl (C=O) groups is 1. The third kappa shape index (κ3) is 5.12. The van der Waals surface area contributed by atoms with Gasteiger partial charge in [0, 0.05) is 25.2 Å². The van der Waals surface area contributed by atoms with Gasteiger partial charge in [-0.25, -0.2) is 0 Å². The molecule has 0 unspecified atom stereocenters. The Hall–Kier alpha value is -1.43. The summed E-state index contributed by atoms with van der Waals surface area (Å²) in [7, 11) is 0. The number of ether oxygens (including phenoxy) is 1. The van der Waals surface area contributed by atoms with Crippen molar-refractivity contribution < 1.29 is 9.53 Å². The summed E-state index contributed by atoms with van der Waals surface area (Å²) in [5.41, 5.74) is 8.17. The fourth-order valence-corrected chi connectivity index (χ4v) is 2.52. The van der Waals surface area contributed by atoms with Crippen molar-refractivity contribution in [3.05, 3.63) is 34.9 Å². The first kappa shape index (κ1) is 15.9. The zero-order valence-electron chi connectivity index (χ0n) is 12.7. The van der Waals surface area contributed by atoms with Crippen LogP contribution in [0.2, 0.25) is 0 Å². The first-order chi connectivity index (χ1) is 10.2. The van der Waals surface area contributed by atoms with Crippen molar-refractivity contribution in [3.63, 3.8) is 0 Å². The molecule has 1 aromatic rings. The van der Waals surface area contributed by atoms with E-state index in [1.54, 1.807) is 6.07 Å². The van der Waals surface area contributed by atoms with E-state index in [1.807, 2.05) is 19.1 Å². The molecule has 0 bridgehead atoms. The predicted octanol–water partition coefficient (Wildman–Crippen LogP) is 0.906. The largest absolute Gasteiger partial charge is 0.379 e. The summed E-state index contributed by atoms with van der Waals surface area (Å²) in [5, 5.41) is 3.46. The first-order valence-corrected chi connectivity index (χ1v) is 7.57. The van der Waals surface area contributed by atoms with Crippen molar-refractivity contribution >= 4 is 5.91 Å². The topological polar surface area (TPSA) is 67.6 Å². The molecule has 1 heterocycles. The summed E-state index contributed by atoms with van der Waals surface area (Å²) in [6.45, 7) is 8.77. The average molecular weight is 291 g/mol. The molecule has 0 atom stereocenters. The van der Waals surface area contributed by atoms with Gasteiger partial charge >= 0.3 is 0 Å². The van der Waals surface area contributed by atoms with E-state index < -0.39 is 0 Å². The molecular formula is C16H25N3O2.